The molecule has 0 bridgehead atoms. The van der Waals surface area contributed by atoms with E-state index >= 15 is 0 Å². The van der Waals surface area contributed by atoms with E-state index in [1.807, 2.05) is 61.5 Å². The molecule has 1 atom stereocenters. The monoisotopic (exact) mass is 530 g/mol. The standard InChI is InChI=1S/C28H23BrN2O4/c1-18-8-3-5-11-23(18)28(33)35-25-15-14-22(29)16-21(25)17-30-31-27(32)19(2)34-26-13-7-10-20-9-4-6-12-24(20)26/h3-17,19H,1-2H3,(H,31,32)/b30-17-/t19-/m0/s1. The van der Waals surface area contributed by atoms with E-state index in [4.69, 9.17) is 9.47 Å². The molecule has 4 aromatic rings. The summed E-state index contributed by atoms with van der Waals surface area (Å²) in [6.45, 7) is 3.50. The largest absolute Gasteiger partial charge is 0.480 e. The van der Waals surface area contributed by atoms with Gasteiger partial charge in [0, 0.05) is 15.4 Å². The molecule has 0 fully saturated rings. The smallest absolute Gasteiger partial charge is 0.343 e. The number of carbonyl (C=O) groups is 2. The minimum absolute atomic E-state index is 0.319. The highest BCUT2D eigenvalue weighted by Gasteiger charge is 2.16. The number of benzene rings is 4. The number of hydrazone groups is 1. The normalized spacial score (nSPS) is 11.9. The van der Waals surface area contributed by atoms with Gasteiger partial charge in [0.1, 0.15) is 11.5 Å². The van der Waals surface area contributed by atoms with Crippen LogP contribution in [0.1, 0.15) is 28.4 Å². The van der Waals surface area contributed by atoms with Gasteiger partial charge in [-0.25, -0.2) is 10.2 Å². The van der Waals surface area contributed by atoms with Crippen LogP contribution < -0.4 is 14.9 Å². The summed E-state index contributed by atoms with van der Waals surface area (Å²) in [5.74, 6) is 0.0514. The zero-order valence-corrected chi connectivity index (χ0v) is 20.8. The van der Waals surface area contributed by atoms with E-state index in [-0.39, 0.29) is 0 Å². The van der Waals surface area contributed by atoms with Crippen molar-refractivity contribution in [3.63, 3.8) is 0 Å². The molecule has 6 nitrogen and oxygen atoms in total. The lowest BCUT2D eigenvalue weighted by atomic mass is 10.1. The number of halogens is 1. The Morgan fingerprint density at radius 2 is 1.69 bits per heavy atom. The number of nitrogens with one attached hydrogen (secondary N) is 1. The number of hydrogen-bond acceptors (Lipinski definition) is 5. The highest BCUT2D eigenvalue weighted by atomic mass is 79.9. The van der Waals surface area contributed by atoms with Gasteiger partial charge in [0.25, 0.3) is 5.91 Å². The predicted octanol–water partition coefficient (Wildman–Crippen LogP) is 6.05. The van der Waals surface area contributed by atoms with E-state index in [0.717, 1.165) is 20.8 Å². The second kappa shape index (κ2) is 11.0. The average molecular weight is 531 g/mol. The van der Waals surface area contributed by atoms with Crippen LogP contribution in [0.4, 0.5) is 0 Å². The van der Waals surface area contributed by atoms with E-state index in [1.54, 1.807) is 37.3 Å². The Bertz CT molecular complexity index is 1410. The lowest BCUT2D eigenvalue weighted by Crippen LogP contribution is -2.33. The molecule has 0 radical (unpaired) electrons. The maximum atomic E-state index is 12.6. The molecule has 35 heavy (non-hydrogen) atoms. The molecule has 0 aliphatic carbocycles. The third-order valence-electron chi connectivity index (χ3n) is 5.34. The Hall–Kier alpha value is -3.97. The van der Waals surface area contributed by atoms with Crippen LogP contribution in [0.2, 0.25) is 0 Å². The Kier molecular flexibility index (Phi) is 7.57. The van der Waals surface area contributed by atoms with Gasteiger partial charge >= 0.3 is 5.97 Å². The third-order valence-corrected chi connectivity index (χ3v) is 5.83. The Labute approximate surface area is 211 Å². The predicted molar refractivity (Wildman–Crippen MR) is 140 cm³/mol. The number of hydrogen-bond donors (Lipinski definition) is 1. The molecular formula is C28H23BrN2O4. The second-order valence-corrected chi connectivity index (χ2v) is 8.77. The first-order chi connectivity index (χ1) is 16.9. The molecule has 1 N–H and O–H groups in total. The lowest BCUT2D eigenvalue weighted by Gasteiger charge is -2.15. The highest BCUT2D eigenvalue weighted by molar-refractivity contribution is 9.10. The maximum Gasteiger partial charge on any atom is 0.343 e. The van der Waals surface area contributed by atoms with Crippen molar-refractivity contribution >= 4 is 44.8 Å². The van der Waals surface area contributed by atoms with E-state index in [0.29, 0.717) is 22.6 Å². The van der Waals surface area contributed by atoms with Crippen molar-refractivity contribution in [3.8, 4) is 11.5 Å². The molecule has 1 amide bonds. The van der Waals surface area contributed by atoms with Gasteiger partial charge in [-0.15, -0.1) is 0 Å². The fraction of sp³-hybridized carbons (Fsp3) is 0.107. The highest BCUT2D eigenvalue weighted by Crippen LogP contribution is 2.26. The minimum Gasteiger partial charge on any atom is -0.480 e. The van der Waals surface area contributed by atoms with Crippen LogP contribution in [0, 0.1) is 6.92 Å². The first-order valence-electron chi connectivity index (χ1n) is 11.0. The van der Waals surface area contributed by atoms with Crippen LogP contribution in [0.15, 0.2) is 94.5 Å². The van der Waals surface area contributed by atoms with Gasteiger partial charge in [-0.1, -0.05) is 70.5 Å². The van der Waals surface area contributed by atoms with Crippen molar-refractivity contribution < 1.29 is 19.1 Å². The fourth-order valence-corrected chi connectivity index (χ4v) is 3.85. The second-order valence-electron chi connectivity index (χ2n) is 7.86. The average Bonchev–Trinajstić information content (AvgIpc) is 2.86. The van der Waals surface area contributed by atoms with Crippen LogP contribution in [-0.4, -0.2) is 24.2 Å². The van der Waals surface area contributed by atoms with Crippen molar-refractivity contribution in [2.24, 2.45) is 5.10 Å². The zero-order chi connectivity index (χ0) is 24.8. The van der Waals surface area contributed by atoms with Crippen LogP contribution in [0.5, 0.6) is 11.5 Å². The van der Waals surface area contributed by atoms with Crippen LogP contribution in [0.3, 0.4) is 0 Å². The van der Waals surface area contributed by atoms with E-state index in [9.17, 15) is 9.59 Å². The molecule has 7 heteroatoms. The summed E-state index contributed by atoms with van der Waals surface area (Å²) in [6.07, 6.45) is 0.645. The van der Waals surface area contributed by atoms with Crippen molar-refractivity contribution in [3.05, 3.63) is 106 Å². The summed E-state index contributed by atoms with van der Waals surface area (Å²) in [5.41, 5.74) is 4.30. The van der Waals surface area contributed by atoms with Crippen molar-refractivity contribution in [2.75, 3.05) is 0 Å². The molecule has 0 saturated heterocycles. The number of rotatable bonds is 7. The van der Waals surface area contributed by atoms with E-state index < -0.39 is 18.0 Å². The Balaban J connectivity index is 1.44. The summed E-state index contributed by atoms with van der Waals surface area (Å²) in [4.78, 5) is 25.2. The SMILES string of the molecule is Cc1ccccc1C(=O)Oc1ccc(Br)cc1/C=N\NC(=O)[C@H](C)Oc1cccc2ccccc12. The number of carbonyl (C=O) groups excluding carboxylic acids is 2. The van der Waals surface area contributed by atoms with Gasteiger partial charge in [0.05, 0.1) is 11.8 Å². The molecule has 0 saturated carbocycles. The van der Waals surface area contributed by atoms with Crippen molar-refractivity contribution in [2.45, 2.75) is 20.0 Å². The Morgan fingerprint density at radius 1 is 0.943 bits per heavy atom. The number of fused-ring (bicyclic) bond motifs is 1. The molecule has 0 heterocycles. The molecule has 0 spiro atoms. The van der Waals surface area contributed by atoms with Gasteiger partial charge in [-0.05, 0) is 55.1 Å². The number of esters is 1. The molecule has 0 aromatic heterocycles. The van der Waals surface area contributed by atoms with Crippen LogP contribution >= 0.6 is 15.9 Å². The summed E-state index contributed by atoms with van der Waals surface area (Å²) in [5, 5.41) is 6.00. The number of amides is 1. The molecule has 4 rings (SSSR count). The van der Waals surface area contributed by atoms with Crippen molar-refractivity contribution in [1.29, 1.82) is 0 Å². The van der Waals surface area contributed by atoms with Gasteiger partial charge in [0.15, 0.2) is 6.10 Å². The molecular weight excluding hydrogens is 508 g/mol. The lowest BCUT2D eigenvalue weighted by molar-refractivity contribution is -0.127. The summed E-state index contributed by atoms with van der Waals surface area (Å²) in [7, 11) is 0. The topological polar surface area (TPSA) is 77.0 Å². The molecule has 0 aliphatic heterocycles. The molecule has 4 aromatic carbocycles. The number of aryl methyl sites for hydroxylation is 1. The van der Waals surface area contributed by atoms with Gasteiger partial charge in [0.2, 0.25) is 0 Å². The van der Waals surface area contributed by atoms with E-state index in [1.165, 1.54) is 6.21 Å². The summed E-state index contributed by atoms with van der Waals surface area (Å²) < 4.78 is 12.3. The molecule has 0 unspecified atom stereocenters. The summed E-state index contributed by atoms with van der Waals surface area (Å²) >= 11 is 3.41. The molecule has 0 aliphatic rings. The Morgan fingerprint density at radius 3 is 2.51 bits per heavy atom. The minimum atomic E-state index is -0.779. The fourth-order valence-electron chi connectivity index (χ4n) is 3.47. The summed E-state index contributed by atoms with van der Waals surface area (Å²) in [6, 6.07) is 25.9. The first kappa shape index (κ1) is 24.2. The quantitative estimate of drug-likeness (QED) is 0.136. The maximum absolute atomic E-state index is 12.6. The van der Waals surface area contributed by atoms with Crippen LogP contribution in [0.25, 0.3) is 10.8 Å². The third kappa shape index (κ3) is 5.94. The van der Waals surface area contributed by atoms with Crippen molar-refractivity contribution in [1.82, 2.24) is 5.43 Å². The molecule has 176 valence electrons. The van der Waals surface area contributed by atoms with E-state index in [2.05, 4.69) is 26.5 Å². The number of nitrogens with zero attached hydrogens (tertiary/aromatic N) is 1. The van der Waals surface area contributed by atoms with Crippen LogP contribution in [-0.2, 0) is 4.79 Å². The van der Waals surface area contributed by atoms with Gasteiger partial charge < -0.3 is 9.47 Å². The first-order valence-corrected chi connectivity index (χ1v) is 11.8. The van der Waals surface area contributed by atoms with Gasteiger partial charge in [-0.2, -0.15) is 5.10 Å². The van der Waals surface area contributed by atoms with Gasteiger partial charge in [-0.3, -0.25) is 4.79 Å². The number of ether oxygens (including phenoxy) is 2. The zero-order valence-electron chi connectivity index (χ0n) is 19.2.